The topological polar surface area (TPSA) is 76.0 Å². The number of sulfonamides is 1. The zero-order valence-electron chi connectivity index (χ0n) is 11.5. The molecule has 0 bridgehead atoms. The number of hydrogen-bond donors (Lipinski definition) is 2. The molecule has 2 rings (SSSR count). The molecule has 0 spiro atoms. The maximum Gasteiger partial charge on any atom is 0.229 e. The standard InChI is InChI=1S/C13H18N4O2S/c1-3-17-10-11(9-15-17)8-14-12-6-4-5-7-13(12)16-20(2,18)19/h4-7,9-10,14,16H,3,8H2,1-2H3. The zero-order valence-corrected chi connectivity index (χ0v) is 12.3. The number of para-hydroxylation sites is 2. The maximum atomic E-state index is 11.3. The third kappa shape index (κ3) is 3.99. The molecule has 2 N–H and O–H groups in total. The zero-order chi connectivity index (χ0) is 14.6. The fourth-order valence-electron chi connectivity index (χ4n) is 1.79. The van der Waals surface area contributed by atoms with Gasteiger partial charge in [0.15, 0.2) is 0 Å². The summed E-state index contributed by atoms with van der Waals surface area (Å²) in [5.74, 6) is 0. The van der Waals surface area contributed by atoms with Gasteiger partial charge in [0.05, 0.1) is 23.8 Å². The van der Waals surface area contributed by atoms with E-state index in [2.05, 4.69) is 15.1 Å². The minimum atomic E-state index is -3.29. The molecule has 0 aliphatic heterocycles. The van der Waals surface area contributed by atoms with Gasteiger partial charge in [0, 0.05) is 24.8 Å². The van der Waals surface area contributed by atoms with E-state index >= 15 is 0 Å². The van der Waals surface area contributed by atoms with Crippen molar-refractivity contribution in [3.8, 4) is 0 Å². The number of aryl methyl sites for hydroxylation is 1. The molecule has 0 unspecified atom stereocenters. The average molecular weight is 294 g/mol. The Hall–Kier alpha value is -2.02. The van der Waals surface area contributed by atoms with E-state index < -0.39 is 10.0 Å². The Morgan fingerprint density at radius 3 is 2.55 bits per heavy atom. The first-order chi connectivity index (χ1) is 9.48. The minimum Gasteiger partial charge on any atom is -0.379 e. The lowest BCUT2D eigenvalue weighted by atomic mass is 10.2. The highest BCUT2D eigenvalue weighted by Gasteiger charge is 2.07. The highest BCUT2D eigenvalue weighted by molar-refractivity contribution is 7.92. The maximum absolute atomic E-state index is 11.3. The van der Waals surface area contributed by atoms with Crippen molar-refractivity contribution < 1.29 is 8.42 Å². The van der Waals surface area contributed by atoms with E-state index in [4.69, 9.17) is 0 Å². The van der Waals surface area contributed by atoms with Gasteiger partial charge in [-0.05, 0) is 19.1 Å². The van der Waals surface area contributed by atoms with Gasteiger partial charge < -0.3 is 5.32 Å². The van der Waals surface area contributed by atoms with Gasteiger partial charge in [0.25, 0.3) is 0 Å². The third-order valence-corrected chi connectivity index (χ3v) is 3.31. The van der Waals surface area contributed by atoms with Gasteiger partial charge in [-0.3, -0.25) is 9.40 Å². The fourth-order valence-corrected chi connectivity index (χ4v) is 2.37. The summed E-state index contributed by atoms with van der Waals surface area (Å²) in [7, 11) is -3.29. The lowest BCUT2D eigenvalue weighted by Crippen LogP contribution is -2.11. The quantitative estimate of drug-likeness (QED) is 0.853. The van der Waals surface area contributed by atoms with Gasteiger partial charge in [-0.25, -0.2) is 8.42 Å². The van der Waals surface area contributed by atoms with E-state index in [1.165, 1.54) is 0 Å². The lowest BCUT2D eigenvalue weighted by molar-refractivity contribution is 0.607. The Balaban J connectivity index is 2.09. The van der Waals surface area contributed by atoms with Crippen LogP contribution in [-0.2, 0) is 23.1 Å². The molecule has 0 amide bonds. The molecule has 1 aromatic heterocycles. The molecule has 7 heteroatoms. The molecule has 0 aliphatic rings. The predicted molar refractivity (Wildman–Crippen MR) is 80.1 cm³/mol. The summed E-state index contributed by atoms with van der Waals surface area (Å²) in [6.07, 6.45) is 4.89. The molecular weight excluding hydrogens is 276 g/mol. The first-order valence-corrected chi connectivity index (χ1v) is 8.19. The minimum absolute atomic E-state index is 0.540. The van der Waals surface area contributed by atoms with Crippen LogP contribution in [0.3, 0.4) is 0 Å². The van der Waals surface area contributed by atoms with Gasteiger partial charge >= 0.3 is 0 Å². The van der Waals surface area contributed by atoms with Gasteiger partial charge in [0.1, 0.15) is 0 Å². The molecule has 0 radical (unpaired) electrons. The monoisotopic (exact) mass is 294 g/mol. The van der Waals surface area contributed by atoms with E-state index in [-0.39, 0.29) is 0 Å². The number of benzene rings is 1. The normalized spacial score (nSPS) is 11.3. The predicted octanol–water partition coefficient (Wildman–Crippen LogP) is 1.89. The lowest BCUT2D eigenvalue weighted by Gasteiger charge is -2.12. The van der Waals surface area contributed by atoms with Crippen LogP contribution in [0.2, 0.25) is 0 Å². The van der Waals surface area contributed by atoms with Crippen molar-refractivity contribution in [3.63, 3.8) is 0 Å². The second-order valence-electron chi connectivity index (χ2n) is 4.48. The van der Waals surface area contributed by atoms with Crippen LogP contribution in [0.4, 0.5) is 11.4 Å². The first-order valence-electron chi connectivity index (χ1n) is 6.30. The number of hydrogen-bond acceptors (Lipinski definition) is 4. The average Bonchev–Trinajstić information content (AvgIpc) is 2.84. The second-order valence-corrected chi connectivity index (χ2v) is 6.23. The summed E-state index contributed by atoms with van der Waals surface area (Å²) in [5.41, 5.74) is 2.32. The van der Waals surface area contributed by atoms with E-state index in [0.29, 0.717) is 12.2 Å². The molecule has 0 fully saturated rings. The molecule has 20 heavy (non-hydrogen) atoms. The second kappa shape index (κ2) is 5.96. The summed E-state index contributed by atoms with van der Waals surface area (Å²) in [4.78, 5) is 0. The van der Waals surface area contributed by atoms with Gasteiger partial charge in [-0.1, -0.05) is 12.1 Å². The van der Waals surface area contributed by atoms with Crippen LogP contribution in [0.5, 0.6) is 0 Å². The van der Waals surface area contributed by atoms with Gasteiger partial charge in [0.2, 0.25) is 10.0 Å². The summed E-state index contributed by atoms with van der Waals surface area (Å²) < 4.78 is 27.0. The largest absolute Gasteiger partial charge is 0.379 e. The molecule has 1 heterocycles. The van der Waals surface area contributed by atoms with Crippen molar-refractivity contribution in [2.45, 2.75) is 20.0 Å². The highest BCUT2D eigenvalue weighted by atomic mass is 32.2. The molecule has 2 aromatic rings. The number of anilines is 2. The third-order valence-electron chi connectivity index (χ3n) is 2.72. The van der Waals surface area contributed by atoms with Crippen LogP contribution in [0.1, 0.15) is 12.5 Å². The van der Waals surface area contributed by atoms with Crippen LogP contribution in [0.15, 0.2) is 36.7 Å². The van der Waals surface area contributed by atoms with Crippen LogP contribution >= 0.6 is 0 Å². The SMILES string of the molecule is CCn1cc(CNc2ccccc2NS(C)(=O)=O)cn1. The van der Waals surface area contributed by atoms with Crippen molar-refractivity contribution in [2.24, 2.45) is 0 Å². The van der Waals surface area contributed by atoms with E-state index in [1.807, 2.05) is 29.9 Å². The number of aromatic nitrogens is 2. The molecule has 1 aromatic carbocycles. The molecule has 0 saturated carbocycles. The van der Waals surface area contributed by atoms with Crippen molar-refractivity contribution in [1.82, 2.24) is 9.78 Å². The van der Waals surface area contributed by atoms with E-state index in [9.17, 15) is 8.42 Å². The fraction of sp³-hybridized carbons (Fsp3) is 0.308. The Morgan fingerprint density at radius 2 is 1.95 bits per heavy atom. The Kier molecular flexibility index (Phi) is 4.29. The summed E-state index contributed by atoms with van der Waals surface area (Å²) in [6.45, 7) is 3.43. The summed E-state index contributed by atoms with van der Waals surface area (Å²) in [6, 6.07) is 7.19. The van der Waals surface area contributed by atoms with Crippen molar-refractivity contribution in [2.75, 3.05) is 16.3 Å². The highest BCUT2D eigenvalue weighted by Crippen LogP contribution is 2.22. The van der Waals surface area contributed by atoms with Gasteiger partial charge in [-0.15, -0.1) is 0 Å². The number of nitrogens with zero attached hydrogens (tertiary/aromatic N) is 2. The number of nitrogens with one attached hydrogen (secondary N) is 2. The van der Waals surface area contributed by atoms with Crippen molar-refractivity contribution >= 4 is 21.4 Å². The van der Waals surface area contributed by atoms with Crippen LogP contribution in [0.25, 0.3) is 0 Å². The Morgan fingerprint density at radius 1 is 1.25 bits per heavy atom. The molecule has 108 valence electrons. The van der Waals surface area contributed by atoms with Crippen molar-refractivity contribution in [3.05, 3.63) is 42.2 Å². The number of rotatable bonds is 6. The molecule has 6 nitrogen and oxygen atoms in total. The summed E-state index contributed by atoms with van der Waals surface area (Å²) in [5, 5.41) is 7.40. The Bertz CT molecular complexity index is 679. The molecule has 0 aliphatic carbocycles. The molecule has 0 saturated heterocycles. The van der Waals surface area contributed by atoms with E-state index in [1.54, 1.807) is 18.3 Å². The van der Waals surface area contributed by atoms with Crippen molar-refractivity contribution in [1.29, 1.82) is 0 Å². The summed E-state index contributed by atoms with van der Waals surface area (Å²) >= 11 is 0. The smallest absolute Gasteiger partial charge is 0.229 e. The molecule has 0 atom stereocenters. The van der Waals surface area contributed by atoms with Crippen LogP contribution < -0.4 is 10.0 Å². The van der Waals surface area contributed by atoms with Gasteiger partial charge in [-0.2, -0.15) is 5.10 Å². The van der Waals surface area contributed by atoms with Crippen LogP contribution in [-0.4, -0.2) is 24.5 Å². The first kappa shape index (κ1) is 14.4. The Labute approximate surface area is 118 Å². The van der Waals surface area contributed by atoms with E-state index in [0.717, 1.165) is 24.1 Å². The molecular formula is C13H18N4O2S. The van der Waals surface area contributed by atoms with Crippen LogP contribution in [0, 0.1) is 0 Å².